The number of aromatic amines is 1. The molecule has 0 saturated carbocycles. The van der Waals surface area contributed by atoms with Crippen molar-refractivity contribution in [2.45, 2.75) is 32.2 Å². The number of carbonyl (C=O) groups excluding carboxylic acids is 1. The van der Waals surface area contributed by atoms with Crippen LogP contribution in [0.15, 0.2) is 53.6 Å². The third kappa shape index (κ3) is 4.29. The lowest BCUT2D eigenvalue weighted by Gasteiger charge is -2.13. The van der Waals surface area contributed by atoms with Gasteiger partial charge in [0.25, 0.3) is 5.56 Å². The highest BCUT2D eigenvalue weighted by Gasteiger charge is 2.10. The largest absolute Gasteiger partial charge is 0.350 e. The highest BCUT2D eigenvalue weighted by atomic mass is 16.1. The minimum Gasteiger partial charge on any atom is -0.350 e. The molecule has 0 aliphatic rings. The fourth-order valence-electron chi connectivity index (χ4n) is 2.72. The fraction of sp³-hybridized carbons (Fsp3) is 0.263. The number of carbonyl (C=O) groups is 1. The van der Waals surface area contributed by atoms with Gasteiger partial charge in [-0.1, -0.05) is 12.1 Å². The quantitative estimate of drug-likeness (QED) is 0.724. The second kappa shape index (κ2) is 7.70. The van der Waals surface area contributed by atoms with E-state index >= 15 is 0 Å². The van der Waals surface area contributed by atoms with Gasteiger partial charge in [-0.3, -0.25) is 14.6 Å². The number of hydrogen-bond acceptors (Lipinski definition) is 4. The predicted molar refractivity (Wildman–Crippen MR) is 96.1 cm³/mol. The topological polar surface area (TPSA) is 87.7 Å². The molecule has 0 saturated heterocycles. The van der Waals surface area contributed by atoms with E-state index in [9.17, 15) is 9.59 Å². The Kier molecular flexibility index (Phi) is 5.18. The van der Waals surface area contributed by atoms with Crippen molar-refractivity contribution < 1.29 is 4.79 Å². The SMILES string of the molecule is CC(NC(=O)CCCc1nc2ccccc2c(=O)[nH]1)c1ccncc1. The average Bonchev–Trinajstić information content (AvgIpc) is 2.62. The smallest absolute Gasteiger partial charge is 0.258 e. The second-order valence-corrected chi connectivity index (χ2v) is 5.95. The van der Waals surface area contributed by atoms with Crippen molar-refractivity contribution in [1.29, 1.82) is 0 Å². The van der Waals surface area contributed by atoms with Crippen LogP contribution in [0, 0.1) is 0 Å². The first-order chi connectivity index (χ1) is 12.1. The number of aryl methyl sites for hydroxylation is 1. The van der Waals surface area contributed by atoms with Crippen molar-refractivity contribution in [2.75, 3.05) is 0 Å². The molecule has 1 aromatic carbocycles. The summed E-state index contributed by atoms with van der Waals surface area (Å²) in [6, 6.07) is 10.9. The molecule has 1 unspecified atom stereocenters. The van der Waals surface area contributed by atoms with Crippen LogP contribution < -0.4 is 10.9 Å². The molecule has 0 aliphatic heterocycles. The van der Waals surface area contributed by atoms with Crippen molar-refractivity contribution in [2.24, 2.45) is 0 Å². The molecule has 2 aromatic heterocycles. The number of rotatable bonds is 6. The van der Waals surface area contributed by atoms with E-state index in [-0.39, 0.29) is 17.5 Å². The number of H-pyrrole nitrogens is 1. The molecule has 2 N–H and O–H groups in total. The molecule has 6 nitrogen and oxygen atoms in total. The summed E-state index contributed by atoms with van der Waals surface area (Å²) in [5.41, 5.74) is 1.55. The Morgan fingerprint density at radius 2 is 1.96 bits per heavy atom. The number of nitrogens with one attached hydrogen (secondary N) is 2. The summed E-state index contributed by atoms with van der Waals surface area (Å²) in [6.07, 6.45) is 4.97. The van der Waals surface area contributed by atoms with Crippen molar-refractivity contribution >= 4 is 16.8 Å². The standard InChI is InChI=1S/C19H20N4O2/c1-13(14-9-11-20-12-10-14)21-18(24)8-4-7-17-22-16-6-3-2-5-15(16)19(25)23-17/h2-3,5-6,9-13H,4,7-8H2,1H3,(H,21,24)(H,22,23,25). The first kappa shape index (κ1) is 16.8. The Hall–Kier alpha value is -3.02. The lowest BCUT2D eigenvalue weighted by molar-refractivity contribution is -0.121. The number of nitrogens with zero attached hydrogens (tertiary/aromatic N) is 2. The Balaban J connectivity index is 1.54. The van der Waals surface area contributed by atoms with E-state index in [1.165, 1.54) is 0 Å². The number of hydrogen-bond donors (Lipinski definition) is 2. The second-order valence-electron chi connectivity index (χ2n) is 5.95. The van der Waals surface area contributed by atoms with Crippen LogP contribution in [0.25, 0.3) is 10.9 Å². The summed E-state index contributed by atoms with van der Waals surface area (Å²) in [6.45, 7) is 1.94. The van der Waals surface area contributed by atoms with Crippen LogP contribution in [0.3, 0.4) is 0 Å². The summed E-state index contributed by atoms with van der Waals surface area (Å²) >= 11 is 0. The Morgan fingerprint density at radius 3 is 2.76 bits per heavy atom. The predicted octanol–water partition coefficient (Wildman–Crippen LogP) is 2.52. The van der Waals surface area contributed by atoms with Crippen molar-refractivity contribution in [3.8, 4) is 0 Å². The maximum absolute atomic E-state index is 12.1. The van der Waals surface area contributed by atoms with E-state index in [4.69, 9.17) is 0 Å². The lowest BCUT2D eigenvalue weighted by Crippen LogP contribution is -2.26. The third-order valence-corrected chi connectivity index (χ3v) is 4.06. The summed E-state index contributed by atoms with van der Waals surface area (Å²) in [5.74, 6) is 0.589. The van der Waals surface area contributed by atoms with Gasteiger partial charge in [0.15, 0.2) is 0 Å². The van der Waals surface area contributed by atoms with E-state index in [2.05, 4.69) is 20.3 Å². The molecular formula is C19H20N4O2. The molecule has 1 amide bonds. The summed E-state index contributed by atoms with van der Waals surface area (Å²) in [4.78, 5) is 35.3. The molecule has 0 fully saturated rings. The van der Waals surface area contributed by atoms with Gasteiger partial charge in [0.2, 0.25) is 5.91 Å². The van der Waals surface area contributed by atoms with Gasteiger partial charge >= 0.3 is 0 Å². The van der Waals surface area contributed by atoms with Crippen molar-refractivity contribution in [3.63, 3.8) is 0 Å². The molecule has 128 valence electrons. The van der Waals surface area contributed by atoms with Crippen LogP contribution >= 0.6 is 0 Å². The highest BCUT2D eigenvalue weighted by Crippen LogP contribution is 2.11. The molecule has 0 radical (unpaired) electrons. The first-order valence-electron chi connectivity index (χ1n) is 8.31. The van der Waals surface area contributed by atoms with E-state index < -0.39 is 0 Å². The van der Waals surface area contributed by atoms with Crippen LogP contribution in [-0.4, -0.2) is 20.9 Å². The zero-order valence-electron chi connectivity index (χ0n) is 14.0. The maximum atomic E-state index is 12.1. The minimum absolute atomic E-state index is 0.0209. The van der Waals surface area contributed by atoms with Gasteiger partial charge in [0, 0.05) is 25.2 Å². The summed E-state index contributed by atoms with van der Waals surface area (Å²) in [5, 5.41) is 3.54. The van der Waals surface area contributed by atoms with Crippen LogP contribution in [0.5, 0.6) is 0 Å². The van der Waals surface area contributed by atoms with Gasteiger partial charge in [-0.2, -0.15) is 0 Å². The van der Waals surface area contributed by atoms with Gasteiger partial charge in [-0.25, -0.2) is 4.98 Å². The molecule has 25 heavy (non-hydrogen) atoms. The molecular weight excluding hydrogens is 316 g/mol. The zero-order valence-corrected chi connectivity index (χ0v) is 14.0. The molecule has 0 bridgehead atoms. The van der Waals surface area contributed by atoms with Crippen molar-refractivity contribution in [3.05, 3.63) is 70.5 Å². The van der Waals surface area contributed by atoms with Gasteiger partial charge < -0.3 is 10.3 Å². The molecule has 0 spiro atoms. The summed E-state index contributed by atoms with van der Waals surface area (Å²) in [7, 11) is 0. The third-order valence-electron chi connectivity index (χ3n) is 4.06. The number of para-hydroxylation sites is 1. The number of amides is 1. The number of fused-ring (bicyclic) bond motifs is 1. The van der Waals surface area contributed by atoms with E-state index in [0.29, 0.717) is 36.0 Å². The van der Waals surface area contributed by atoms with Gasteiger partial charge in [0.1, 0.15) is 5.82 Å². The van der Waals surface area contributed by atoms with Crippen LogP contribution in [0.1, 0.15) is 37.2 Å². The Morgan fingerprint density at radius 1 is 1.20 bits per heavy atom. The number of benzene rings is 1. The molecule has 3 rings (SSSR count). The van der Waals surface area contributed by atoms with Crippen LogP contribution in [0.2, 0.25) is 0 Å². The molecule has 2 heterocycles. The monoisotopic (exact) mass is 336 g/mol. The number of aromatic nitrogens is 3. The average molecular weight is 336 g/mol. The number of pyridine rings is 1. The zero-order chi connectivity index (χ0) is 17.6. The van der Waals surface area contributed by atoms with Crippen LogP contribution in [0.4, 0.5) is 0 Å². The lowest BCUT2D eigenvalue weighted by atomic mass is 10.1. The molecule has 1 atom stereocenters. The minimum atomic E-state index is -0.142. The maximum Gasteiger partial charge on any atom is 0.258 e. The normalized spacial score (nSPS) is 12.0. The Bertz CT molecular complexity index is 921. The van der Waals surface area contributed by atoms with E-state index in [1.54, 1.807) is 18.5 Å². The summed E-state index contributed by atoms with van der Waals surface area (Å²) < 4.78 is 0. The highest BCUT2D eigenvalue weighted by molar-refractivity contribution is 5.77. The van der Waals surface area contributed by atoms with E-state index in [0.717, 1.165) is 5.56 Å². The van der Waals surface area contributed by atoms with E-state index in [1.807, 2.05) is 37.3 Å². The molecule has 3 aromatic rings. The van der Waals surface area contributed by atoms with Gasteiger partial charge in [-0.15, -0.1) is 0 Å². The molecule has 6 heteroatoms. The first-order valence-corrected chi connectivity index (χ1v) is 8.31. The van der Waals surface area contributed by atoms with Gasteiger partial charge in [-0.05, 0) is 43.2 Å². The Labute approximate surface area is 145 Å². The molecule has 0 aliphatic carbocycles. The van der Waals surface area contributed by atoms with Gasteiger partial charge in [0.05, 0.1) is 16.9 Å². The fourth-order valence-corrected chi connectivity index (χ4v) is 2.72. The van der Waals surface area contributed by atoms with Crippen LogP contribution in [-0.2, 0) is 11.2 Å². The van der Waals surface area contributed by atoms with Crippen molar-refractivity contribution in [1.82, 2.24) is 20.3 Å².